The van der Waals surface area contributed by atoms with E-state index in [2.05, 4.69) is 10.4 Å². The molecule has 3 aromatic rings. The number of carbonyl (C=O) groups excluding carboxylic acids is 3. The molecule has 0 radical (unpaired) electrons. The summed E-state index contributed by atoms with van der Waals surface area (Å²) >= 11 is 0. The predicted octanol–water partition coefficient (Wildman–Crippen LogP) is 3.02. The van der Waals surface area contributed by atoms with Gasteiger partial charge in [-0.15, -0.1) is 0 Å². The number of hydrogen-bond acceptors (Lipinski definition) is 6. The van der Waals surface area contributed by atoms with Gasteiger partial charge in [-0.25, -0.2) is 8.78 Å². The zero-order valence-electron chi connectivity index (χ0n) is 22.5. The number of rotatable bonds is 4. The molecular formula is C30H29F2N5O4. The number of piperidine rings is 2. The van der Waals surface area contributed by atoms with Gasteiger partial charge >= 0.3 is 0 Å². The molecule has 212 valence electrons. The molecule has 2 saturated heterocycles. The normalized spacial score (nSPS) is 25.3. The highest BCUT2D eigenvalue weighted by Crippen LogP contribution is 2.55. The van der Waals surface area contributed by atoms with Crippen molar-refractivity contribution in [3.63, 3.8) is 0 Å². The smallest absolute Gasteiger partial charge is 0.273 e. The molecule has 0 bridgehead atoms. The van der Waals surface area contributed by atoms with E-state index in [4.69, 9.17) is 4.74 Å². The SMILES string of the molecule is Cn1cc(-c2cccc(CN3CC[C@@]4(COc5c4ccc4c5CN([C@H]5CCC(=O)NC5=O)C4=O)C(F)(F)C3)c2)cn1. The highest BCUT2D eigenvalue weighted by molar-refractivity contribution is 6.05. The topological polar surface area (TPSA) is 96.8 Å². The fourth-order valence-corrected chi connectivity index (χ4v) is 6.79. The van der Waals surface area contributed by atoms with Gasteiger partial charge in [-0.1, -0.05) is 24.3 Å². The lowest BCUT2D eigenvalue weighted by Gasteiger charge is -2.44. The maximum Gasteiger partial charge on any atom is 0.273 e. The molecule has 4 aliphatic heterocycles. The van der Waals surface area contributed by atoms with Crippen LogP contribution in [-0.2, 0) is 35.1 Å². The highest BCUT2D eigenvalue weighted by Gasteiger charge is 2.62. The maximum atomic E-state index is 16.1. The largest absolute Gasteiger partial charge is 0.492 e. The van der Waals surface area contributed by atoms with Crippen LogP contribution in [0.3, 0.4) is 0 Å². The van der Waals surface area contributed by atoms with Gasteiger partial charge in [0.2, 0.25) is 11.8 Å². The van der Waals surface area contributed by atoms with E-state index in [-0.39, 0.29) is 44.2 Å². The molecule has 7 rings (SSSR count). The van der Waals surface area contributed by atoms with Crippen LogP contribution in [0.1, 0.15) is 46.3 Å². The number of nitrogens with one attached hydrogen (secondary N) is 1. The molecule has 5 heterocycles. The van der Waals surface area contributed by atoms with Crippen molar-refractivity contribution in [1.29, 1.82) is 0 Å². The molecule has 2 fully saturated rings. The fourth-order valence-electron chi connectivity index (χ4n) is 6.79. The molecule has 11 heteroatoms. The van der Waals surface area contributed by atoms with Gasteiger partial charge in [0.1, 0.15) is 18.4 Å². The minimum Gasteiger partial charge on any atom is -0.492 e. The Balaban J connectivity index is 1.11. The molecule has 2 atom stereocenters. The van der Waals surface area contributed by atoms with Crippen LogP contribution in [0.4, 0.5) is 8.78 Å². The number of halogens is 2. The number of ether oxygens (including phenoxy) is 1. The lowest BCUT2D eigenvalue weighted by molar-refractivity contribution is -0.137. The summed E-state index contributed by atoms with van der Waals surface area (Å²) < 4.78 is 40.0. The third-order valence-corrected chi connectivity index (χ3v) is 8.99. The van der Waals surface area contributed by atoms with Crippen LogP contribution < -0.4 is 10.1 Å². The first-order valence-electron chi connectivity index (χ1n) is 13.8. The fraction of sp³-hybridized carbons (Fsp3) is 0.400. The van der Waals surface area contributed by atoms with Crippen LogP contribution in [0.25, 0.3) is 11.1 Å². The molecule has 0 unspecified atom stereocenters. The zero-order chi connectivity index (χ0) is 28.5. The summed E-state index contributed by atoms with van der Waals surface area (Å²) in [5, 5.41) is 6.51. The Kier molecular flexibility index (Phi) is 5.79. The van der Waals surface area contributed by atoms with Crippen LogP contribution >= 0.6 is 0 Å². The third-order valence-electron chi connectivity index (χ3n) is 8.99. The molecular weight excluding hydrogens is 532 g/mol. The standard InChI is InChI=1S/C30H29F2N5O4/c1-35-14-20(12-33-35)19-4-2-3-18(11-19)13-36-10-9-29(30(31,32)16-36)17-41-26-22-15-37(24-7-8-25(38)34-27(24)39)28(40)21(22)5-6-23(26)29/h2-6,11-12,14,24H,7-10,13,15-17H2,1H3,(H,34,38,39)/t24-,29-/m0/s1. The van der Waals surface area contributed by atoms with Crippen molar-refractivity contribution >= 4 is 17.7 Å². The number of amides is 3. The molecule has 41 heavy (non-hydrogen) atoms. The zero-order valence-corrected chi connectivity index (χ0v) is 22.5. The average Bonchev–Trinajstić information content (AvgIpc) is 3.63. The second-order valence-electron chi connectivity index (χ2n) is 11.5. The first kappa shape index (κ1) is 25.8. The molecule has 1 aromatic heterocycles. The van der Waals surface area contributed by atoms with Crippen LogP contribution in [0, 0.1) is 0 Å². The minimum atomic E-state index is -3.07. The summed E-state index contributed by atoms with van der Waals surface area (Å²) in [5.74, 6) is -3.96. The number of nitrogens with zero attached hydrogens (tertiary/aromatic N) is 4. The summed E-state index contributed by atoms with van der Waals surface area (Å²) in [6.07, 6.45) is 4.29. The van der Waals surface area contributed by atoms with E-state index in [0.29, 0.717) is 35.5 Å². The molecule has 9 nitrogen and oxygen atoms in total. The number of aryl methyl sites for hydroxylation is 1. The van der Waals surface area contributed by atoms with E-state index in [1.807, 2.05) is 37.5 Å². The number of imide groups is 1. The van der Waals surface area contributed by atoms with Gasteiger partial charge in [0, 0.05) is 48.5 Å². The first-order chi connectivity index (χ1) is 19.6. The van der Waals surface area contributed by atoms with Gasteiger partial charge < -0.3 is 9.64 Å². The summed E-state index contributed by atoms with van der Waals surface area (Å²) in [7, 11) is 1.85. The summed E-state index contributed by atoms with van der Waals surface area (Å²) in [4.78, 5) is 40.4. The number of alkyl halides is 2. The van der Waals surface area contributed by atoms with Gasteiger partial charge in [0.15, 0.2) is 0 Å². The number of aromatic nitrogens is 2. The van der Waals surface area contributed by atoms with Gasteiger partial charge in [0.25, 0.3) is 11.8 Å². The second-order valence-corrected chi connectivity index (χ2v) is 11.5. The van der Waals surface area contributed by atoms with Crippen molar-refractivity contribution in [3.8, 4) is 16.9 Å². The Morgan fingerprint density at radius 2 is 2.00 bits per heavy atom. The van der Waals surface area contributed by atoms with Gasteiger partial charge in [-0.2, -0.15) is 5.10 Å². The Hall–Kier alpha value is -4.12. The van der Waals surface area contributed by atoms with Gasteiger partial charge in [-0.05, 0) is 42.6 Å². The van der Waals surface area contributed by atoms with Crippen molar-refractivity contribution in [2.24, 2.45) is 7.05 Å². The second kappa shape index (κ2) is 9.20. The molecule has 0 aliphatic carbocycles. The number of fused-ring (bicyclic) bond motifs is 4. The molecule has 0 saturated carbocycles. The first-order valence-corrected chi connectivity index (χ1v) is 13.8. The average molecular weight is 562 g/mol. The lowest BCUT2D eigenvalue weighted by Crippen LogP contribution is -2.58. The Morgan fingerprint density at radius 3 is 2.76 bits per heavy atom. The van der Waals surface area contributed by atoms with Crippen LogP contribution in [0.5, 0.6) is 5.75 Å². The van der Waals surface area contributed by atoms with Crippen molar-refractivity contribution in [1.82, 2.24) is 24.9 Å². The number of likely N-dealkylation sites (tertiary alicyclic amines) is 1. The Bertz CT molecular complexity index is 1600. The molecule has 1 spiro atoms. The van der Waals surface area contributed by atoms with Gasteiger partial charge in [-0.3, -0.25) is 29.3 Å². The minimum absolute atomic E-state index is 0.0880. The summed E-state index contributed by atoms with van der Waals surface area (Å²) in [6.45, 7) is 0.375. The molecule has 4 aliphatic rings. The van der Waals surface area contributed by atoms with Crippen LogP contribution in [0.15, 0.2) is 48.8 Å². The molecule has 3 amide bonds. The number of carbonyl (C=O) groups is 3. The van der Waals surface area contributed by atoms with E-state index in [0.717, 1.165) is 16.7 Å². The van der Waals surface area contributed by atoms with Gasteiger partial charge in [0.05, 0.1) is 24.7 Å². The molecule has 1 N–H and O–H groups in total. The summed E-state index contributed by atoms with van der Waals surface area (Å²) in [5.41, 5.74) is 2.75. The third kappa shape index (κ3) is 4.05. The number of benzene rings is 2. The predicted molar refractivity (Wildman–Crippen MR) is 143 cm³/mol. The summed E-state index contributed by atoms with van der Waals surface area (Å²) in [6, 6.07) is 10.3. The van der Waals surface area contributed by atoms with Crippen molar-refractivity contribution in [2.45, 2.75) is 49.7 Å². The quantitative estimate of drug-likeness (QED) is 0.492. The van der Waals surface area contributed by atoms with E-state index in [9.17, 15) is 14.4 Å². The lowest BCUT2D eigenvalue weighted by atomic mass is 9.71. The maximum absolute atomic E-state index is 16.1. The van der Waals surface area contributed by atoms with Crippen molar-refractivity contribution < 1.29 is 27.9 Å². The Labute approximate surface area is 235 Å². The van der Waals surface area contributed by atoms with E-state index < -0.39 is 29.8 Å². The Morgan fingerprint density at radius 1 is 1.15 bits per heavy atom. The molecule has 2 aromatic carbocycles. The van der Waals surface area contributed by atoms with Crippen LogP contribution in [0.2, 0.25) is 0 Å². The van der Waals surface area contributed by atoms with Crippen LogP contribution in [-0.4, -0.2) is 69.0 Å². The van der Waals surface area contributed by atoms with Crippen molar-refractivity contribution in [3.05, 3.63) is 71.0 Å². The number of hydrogen-bond donors (Lipinski definition) is 1. The van der Waals surface area contributed by atoms with E-state index >= 15 is 8.78 Å². The van der Waals surface area contributed by atoms with E-state index in [1.165, 1.54) is 4.90 Å². The monoisotopic (exact) mass is 561 g/mol. The highest BCUT2D eigenvalue weighted by atomic mass is 19.3. The van der Waals surface area contributed by atoms with Crippen molar-refractivity contribution in [2.75, 3.05) is 19.7 Å². The van der Waals surface area contributed by atoms with E-state index in [1.54, 1.807) is 27.9 Å².